The number of benzene rings is 1. The second-order valence-electron chi connectivity index (χ2n) is 6.34. The second-order valence-corrected chi connectivity index (χ2v) is 6.34. The number of hydrogen-bond acceptors (Lipinski definition) is 5. The number of nitrogens with zero attached hydrogens (tertiary/aromatic N) is 3. The third kappa shape index (κ3) is 5.30. The number of carbonyl (C=O) groups excluding carboxylic acids is 1. The summed E-state index contributed by atoms with van der Waals surface area (Å²) >= 11 is 0. The Hall–Kier alpha value is -3.41. The van der Waals surface area contributed by atoms with Crippen molar-refractivity contribution in [3.63, 3.8) is 0 Å². The van der Waals surface area contributed by atoms with E-state index in [0.717, 1.165) is 24.5 Å². The number of nitrogens with one attached hydrogen (secondary N) is 1. The molecule has 0 bridgehead atoms. The van der Waals surface area contributed by atoms with Gasteiger partial charge >= 0.3 is 0 Å². The SMILES string of the molecule is CCOc1ccc(NC(=O)c2ccc(N(C)CCc3ccncc3)nc2)cc1. The fourth-order valence-corrected chi connectivity index (χ4v) is 2.71. The molecule has 2 aromatic heterocycles. The molecule has 144 valence electrons. The van der Waals surface area contributed by atoms with Crippen LogP contribution in [-0.4, -0.2) is 36.1 Å². The van der Waals surface area contributed by atoms with Crippen LogP contribution in [0.4, 0.5) is 11.5 Å². The number of ether oxygens (including phenoxy) is 1. The van der Waals surface area contributed by atoms with Crippen LogP contribution in [0.25, 0.3) is 0 Å². The predicted molar refractivity (Wildman–Crippen MR) is 111 cm³/mol. The third-order valence-electron chi connectivity index (χ3n) is 4.31. The molecular weight excluding hydrogens is 352 g/mol. The molecule has 1 aromatic carbocycles. The zero-order chi connectivity index (χ0) is 19.8. The highest BCUT2D eigenvalue weighted by molar-refractivity contribution is 6.04. The molecule has 6 nitrogen and oxygen atoms in total. The molecule has 1 N–H and O–H groups in total. The molecule has 0 aliphatic rings. The minimum Gasteiger partial charge on any atom is -0.494 e. The highest BCUT2D eigenvalue weighted by atomic mass is 16.5. The van der Waals surface area contributed by atoms with E-state index in [1.54, 1.807) is 24.7 Å². The summed E-state index contributed by atoms with van der Waals surface area (Å²) < 4.78 is 5.40. The Balaban J connectivity index is 1.56. The lowest BCUT2D eigenvalue weighted by molar-refractivity contribution is 0.102. The Morgan fingerprint density at radius 2 is 1.82 bits per heavy atom. The van der Waals surface area contributed by atoms with Gasteiger partial charge in [0.05, 0.1) is 12.2 Å². The summed E-state index contributed by atoms with van der Waals surface area (Å²) in [6.07, 6.45) is 6.10. The van der Waals surface area contributed by atoms with Crippen molar-refractivity contribution < 1.29 is 9.53 Å². The Morgan fingerprint density at radius 1 is 1.07 bits per heavy atom. The van der Waals surface area contributed by atoms with Gasteiger partial charge in [-0.25, -0.2) is 4.98 Å². The van der Waals surface area contributed by atoms with Gasteiger partial charge in [0.1, 0.15) is 11.6 Å². The van der Waals surface area contributed by atoms with Crippen LogP contribution in [0, 0.1) is 0 Å². The molecule has 3 aromatic rings. The Bertz CT molecular complexity index is 881. The van der Waals surface area contributed by atoms with Crippen molar-refractivity contribution in [2.45, 2.75) is 13.3 Å². The monoisotopic (exact) mass is 376 g/mol. The van der Waals surface area contributed by atoms with E-state index in [-0.39, 0.29) is 5.91 Å². The Labute approximate surface area is 165 Å². The van der Waals surface area contributed by atoms with Crippen molar-refractivity contribution in [2.75, 3.05) is 30.4 Å². The van der Waals surface area contributed by atoms with E-state index in [2.05, 4.69) is 20.2 Å². The van der Waals surface area contributed by atoms with E-state index < -0.39 is 0 Å². The number of anilines is 2. The molecule has 0 fully saturated rings. The zero-order valence-electron chi connectivity index (χ0n) is 16.1. The van der Waals surface area contributed by atoms with Gasteiger partial charge in [-0.1, -0.05) is 0 Å². The molecule has 28 heavy (non-hydrogen) atoms. The van der Waals surface area contributed by atoms with E-state index in [1.807, 2.05) is 56.4 Å². The number of carbonyl (C=O) groups is 1. The zero-order valence-corrected chi connectivity index (χ0v) is 16.1. The summed E-state index contributed by atoms with van der Waals surface area (Å²) in [5, 5.41) is 2.87. The van der Waals surface area contributed by atoms with Crippen LogP contribution in [0.1, 0.15) is 22.8 Å². The van der Waals surface area contributed by atoms with Crippen LogP contribution in [0.3, 0.4) is 0 Å². The number of likely N-dealkylation sites (N-methyl/N-ethyl adjacent to an activating group) is 1. The van der Waals surface area contributed by atoms with Crippen LogP contribution < -0.4 is 15.0 Å². The Morgan fingerprint density at radius 3 is 2.46 bits per heavy atom. The third-order valence-corrected chi connectivity index (χ3v) is 4.31. The van der Waals surface area contributed by atoms with Gasteiger partial charge in [0.15, 0.2) is 0 Å². The van der Waals surface area contributed by atoms with Crippen LogP contribution >= 0.6 is 0 Å². The quantitative estimate of drug-likeness (QED) is 0.648. The van der Waals surface area contributed by atoms with E-state index in [1.165, 1.54) is 5.56 Å². The average Bonchev–Trinajstić information content (AvgIpc) is 2.74. The lowest BCUT2D eigenvalue weighted by atomic mass is 10.2. The minimum atomic E-state index is -0.192. The summed E-state index contributed by atoms with van der Waals surface area (Å²) in [5.41, 5.74) is 2.46. The van der Waals surface area contributed by atoms with Crippen molar-refractivity contribution in [3.8, 4) is 5.75 Å². The number of rotatable bonds is 8. The number of amides is 1. The van der Waals surface area contributed by atoms with Crippen LogP contribution in [0.5, 0.6) is 5.75 Å². The molecule has 0 unspecified atom stereocenters. The van der Waals surface area contributed by atoms with Crippen molar-refractivity contribution in [3.05, 3.63) is 78.2 Å². The lowest BCUT2D eigenvalue weighted by Gasteiger charge is -2.18. The summed E-state index contributed by atoms with van der Waals surface area (Å²) in [5.74, 6) is 1.41. The highest BCUT2D eigenvalue weighted by Gasteiger charge is 2.09. The molecule has 1 amide bonds. The van der Waals surface area contributed by atoms with Gasteiger partial charge in [-0.2, -0.15) is 0 Å². The number of aromatic nitrogens is 2. The normalized spacial score (nSPS) is 10.4. The molecule has 6 heteroatoms. The first-order valence-corrected chi connectivity index (χ1v) is 9.26. The maximum atomic E-state index is 12.4. The van der Waals surface area contributed by atoms with Gasteiger partial charge in [0, 0.05) is 37.9 Å². The Kier molecular flexibility index (Phi) is 6.57. The fraction of sp³-hybridized carbons (Fsp3) is 0.227. The lowest BCUT2D eigenvalue weighted by Crippen LogP contribution is -2.21. The van der Waals surface area contributed by atoms with Gasteiger partial charge in [-0.05, 0) is 67.4 Å². The van der Waals surface area contributed by atoms with Crippen molar-refractivity contribution in [2.24, 2.45) is 0 Å². The first kappa shape index (κ1) is 19.4. The maximum absolute atomic E-state index is 12.4. The molecule has 0 saturated heterocycles. The molecule has 0 radical (unpaired) electrons. The molecule has 0 aliphatic heterocycles. The van der Waals surface area contributed by atoms with Crippen LogP contribution in [0.15, 0.2) is 67.1 Å². The highest BCUT2D eigenvalue weighted by Crippen LogP contribution is 2.17. The standard InChI is InChI=1S/C22H24N4O2/c1-3-28-20-7-5-19(6-8-20)25-22(27)18-4-9-21(24-16-18)26(2)15-12-17-10-13-23-14-11-17/h4-11,13-14,16H,3,12,15H2,1-2H3,(H,25,27). The van der Waals surface area contributed by atoms with Crippen molar-refractivity contribution >= 4 is 17.4 Å². The van der Waals surface area contributed by atoms with Gasteiger partial charge in [-0.3, -0.25) is 9.78 Å². The van der Waals surface area contributed by atoms with Crippen LogP contribution in [0.2, 0.25) is 0 Å². The van der Waals surface area contributed by atoms with E-state index in [9.17, 15) is 4.79 Å². The summed E-state index contributed by atoms with van der Waals surface area (Å²) in [4.78, 5) is 22.9. The number of hydrogen-bond donors (Lipinski definition) is 1. The molecule has 2 heterocycles. The minimum absolute atomic E-state index is 0.192. The first-order valence-electron chi connectivity index (χ1n) is 9.26. The predicted octanol–water partition coefficient (Wildman–Crippen LogP) is 3.81. The van der Waals surface area contributed by atoms with E-state index in [4.69, 9.17) is 4.74 Å². The molecule has 0 saturated carbocycles. The molecular formula is C22H24N4O2. The van der Waals surface area contributed by atoms with Gasteiger partial charge in [0.2, 0.25) is 0 Å². The van der Waals surface area contributed by atoms with E-state index in [0.29, 0.717) is 17.9 Å². The average molecular weight is 376 g/mol. The second kappa shape index (κ2) is 9.50. The summed E-state index contributed by atoms with van der Waals surface area (Å²) in [6.45, 7) is 3.37. The molecule has 0 aliphatic carbocycles. The number of pyridine rings is 2. The van der Waals surface area contributed by atoms with Gasteiger partial charge < -0.3 is 15.0 Å². The summed E-state index contributed by atoms with van der Waals surface area (Å²) in [6, 6.07) is 15.0. The molecule has 0 atom stereocenters. The molecule has 0 spiro atoms. The molecule has 3 rings (SSSR count). The maximum Gasteiger partial charge on any atom is 0.257 e. The van der Waals surface area contributed by atoms with E-state index >= 15 is 0 Å². The summed E-state index contributed by atoms with van der Waals surface area (Å²) in [7, 11) is 1.99. The van der Waals surface area contributed by atoms with Crippen molar-refractivity contribution in [1.82, 2.24) is 9.97 Å². The first-order chi connectivity index (χ1) is 13.7. The van der Waals surface area contributed by atoms with Crippen molar-refractivity contribution in [1.29, 1.82) is 0 Å². The van der Waals surface area contributed by atoms with Crippen LogP contribution in [-0.2, 0) is 6.42 Å². The smallest absolute Gasteiger partial charge is 0.257 e. The topological polar surface area (TPSA) is 67.3 Å². The van der Waals surface area contributed by atoms with Gasteiger partial charge in [0.25, 0.3) is 5.91 Å². The fourth-order valence-electron chi connectivity index (χ4n) is 2.71. The largest absolute Gasteiger partial charge is 0.494 e. The van der Waals surface area contributed by atoms with Gasteiger partial charge in [-0.15, -0.1) is 0 Å².